The van der Waals surface area contributed by atoms with Crippen LogP contribution in [0, 0.1) is 5.95 Å². The maximum atomic E-state index is 13.9. The molecule has 0 bridgehead atoms. The number of nitrogens with zero attached hydrogens (tertiary/aromatic N) is 1. The first-order chi connectivity index (χ1) is 9.85. The number of para-hydroxylation sites is 1. The van der Waals surface area contributed by atoms with E-state index in [-0.39, 0.29) is 11.4 Å². The quantitative estimate of drug-likeness (QED) is 0.633. The highest BCUT2D eigenvalue weighted by Gasteiger charge is 2.21. The average Bonchev–Trinajstić information content (AvgIpc) is 2.37. The van der Waals surface area contributed by atoms with E-state index < -0.39 is 17.5 Å². The fraction of sp³-hybridized carbons (Fsp3) is 0.250. The molecule has 0 spiro atoms. The zero-order valence-electron chi connectivity index (χ0n) is 12.1. The first-order valence-electron chi connectivity index (χ1n) is 6.48. The van der Waals surface area contributed by atoms with Crippen molar-refractivity contribution in [3.05, 3.63) is 54.0 Å². The fourth-order valence-corrected chi connectivity index (χ4v) is 1.57. The van der Waals surface area contributed by atoms with E-state index in [1.807, 2.05) is 6.07 Å². The van der Waals surface area contributed by atoms with Gasteiger partial charge in [0.2, 0.25) is 11.8 Å². The van der Waals surface area contributed by atoms with Crippen molar-refractivity contribution in [2.75, 3.05) is 0 Å². The molecule has 0 saturated carbocycles. The summed E-state index contributed by atoms with van der Waals surface area (Å²) in [7, 11) is 0. The summed E-state index contributed by atoms with van der Waals surface area (Å²) >= 11 is 0. The van der Waals surface area contributed by atoms with Gasteiger partial charge in [-0.2, -0.15) is 9.37 Å². The first-order valence-corrected chi connectivity index (χ1v) is 6.48. The van der Waals surface area contributed by atoms with Crippen LogP contribution in [0.3, 0.4) is 0 Å². The number of halogens is 1. The molecule has 0 atom stereocenters. The molecule has 5 heteroatoms. The predicted octanol–water partition coefficient (Wildman–Crippen LogP) is 3.97. The van der Waals surface area contributed by atoms with Crippen LogP contribution in [0.4, 0.5) is 4.39 Å². The van der Waals surface area contributed by atoms with Crippen molar-refractivity contribution in [3.8, 4) is 11.6 Å². The summed E-state index contributed by atoms with van der Waals surface area (Å²) in [6.45, 7) is 5.13. The molecule has 21 heavy (non-hydrogen) atoms. The summed E-state index contributed by atoms with van der Waals surface area (Å²) in [5, 5.41) is 0. The maximum Gasteiger partial charge on any atom is 0.343 e. The Bertz CT molecular complexity index is 636. The van der Waals surface area contributed by atoms with E-state index in [0.29, 0.717) is 5.75 Å². The standard InChI is InChI=1S/C16H16FNO3/c1-16(2,3)21-15(19)12-9-10-13(18-14(12)17)20-11-7-5-4-6-8-11/h4-10H,1-3H3. The van der Waals surface area contributed by atoms with Crippen molar-refractivity contribution in [2.45, 2.75) is 26.4 Å². The SMILES string of the molecule is CC(C)(C)OC(=O)c1ccc(Oc2ccccc2)nc1F. The van der Waals surface area contributed by atoms with Gasteiger partial charge in [-0.05, 0) is 39.0 Å². The molecule has 0 aliphatic rings. The van der Waals surface area contributed by atoms with E-state index in [4.69, 9.17) is 9.47 Å². The second-order valence-corrected chi connectivity index (χ2v) is 5.40. The normalized spacial score (nSPS) is 11.0. The number of ether oxygens (including phenoxy) is 2. The molecule has 0 amide bonds. The van der Waals surface area contributed by atoms with Crippen molar-refractivity contribution in [3.63, 3.8) is 0 Å². The van der Waals surface area contributed by atoms with Gasteiger partial charge in [0.05, 0.1) is 0 Å². The monoisotopic (exact) mass is 289 g/mol. The minimum atomic E-state index is -0.919. The highest BCUT2D eigenvalue weighted by molar-refractivity contribution is 5.89. The summed E-state index contributed by atoms with van der Waals surface area (Å²) < 4.78 is 24.4. The lowest BCUT2D eigenvalue weighted by molar-refractivity contribution is 0.00636. The van der Waals surface area contributed by atoms with Crippen molar-refractivity contribution in [1.82, 2.24) is 4.98 Å². The second-order valence-electron chi connectivity index (χ2n) is 5.40. The van der Waals surface area contributed by atoms with Gasteiger partial charge in [-0.3, -0.25) is 0 Å². The average molecular weight is 289 g/mol. The van der Waals surface area contributed by atoms with E-state index in [2.05, 4.69) is 4.98 Å². The molecule has 1 aromatic heterocycles. The molecule has 0 unspecified atom stereocenters. The van der Waals surface area contributed by atoms with Crippen LogP contribution in [0.1, 0.15) is 31.1 Å². The molecule has 0 saturated heterocycles. The number of pyridine rings is 1. The van der Waals surface area contributed by atoms with Crippen molar-refractivity contribution in [2.24, 2.45) is 0 Å². The lowest BCUT2D eigenvalue weighted by Gasteiger charge is -2.19. The Morgan fingerprint density at radius 3 is 2.33 bits per heavy atom. The van der Waals surface area contributed by atoms with E-state index in [1.54, 1.807) is 45.0 Å². The molecule has 4 nitrogen and oxygen atoms in total. The van der Waals surface area contributed by atoms with Gasteiger partial charge in [0.15, 0.2) is 0 Å². The molecule has 0 aliphatic carbocycles. The van der Waals surface area contributed by atoms with Crippen LogP contribution in [-0.2, 0) is 4.74 Å². The van der Waals surface area contributed by atoms with Gasteiger partial charge in [-0.25, -0.2) is 4.79 Å². The second kappa shape index (κ2) is 5.91. The maximum absolute atomic E-state index is 13.9. The Morgan fingerprint density at radius 1 is 1.10 bits per heavy atom. The number of carbonyl (C=O) groups excluding carboxylic acids is 1. The smallest absolute Gasteiger partial charge is 0.343 e. The third-order valence-electron chi connectivity index (χ3n) is 2.41. The Labute approximate surface area is 122 Å². The van der Waals surface area contributed by atoms with E-state index in [1.165, 1.54) is 12.1 Å². The van der Waals surface area contributed by atoms with Crippen molar-refractivity contribution >= 4 is 5.97 Å². The molecule has 0 radical (unpaired) electrons. The number of benzene rings is 1. The van der Waals surface area contributed by atoms with Crippen LogP contribution in [0.25, 0.3) is 0 Å². The van der Waals surface area contributed by atoms with Gasteiger partial charge in [-0.1, -0.05) is 18.2 Å². The Balaban J connectivity index is 2.16. The number of hydrogen-bond donors (Lipinski definition) is 0. The highest BCUT2D eigenvalue weighted by Crippen LogP contribution is 2.21. The van der Waals surface area contributed by atoms with E-state index in [9.17, 15) is 9.18 Å². The lowest BCUT2D eigenvalue weighted by atomic mass is 10.2. The first kappa shape index (κ1) is 15.0. The molecule has 0 N–H and O–H groups in total. The molecule has 110 valence electrons. The third kappa shape index (κ3) is 4.27. The molecule has 1 aromatic carbocycles. The topological polar surface area (TPSA) is 48.4 Å². The Kier molecular flexibility index (Phi) is 4.21. The van der Waals surface area contributed by atoms with Crippen molar-refractivity contribution in [1.29, 1.82) is 0 Å². The zero-order valence-corrected chi connectivity index (χ0v) is 12.1. The summed E-state index contributed by atoms with van der Waals surface area (Å²) in [6, 6.07) is 11.6. The fourth-order valence-electron chi connectivity index (χ4n) is 1.57. The molecule has 2 aromatic rings. The molecule has 0 fully saturated rings. The summed E-state index contributed by atoms with van der Waals surface area (Å²) in [4.78, 5) is 15.4. The van der Waals surface area contributed by atoms with Crippen LogP contribution in [0.2, 0.25) is 0 Å². The molecular formula is C16H16FNO3. The molecule has 2 rings (SSSR count). The minimum Gasteiger partial charge on any atom is -0.456 e. The van der Waals surface area contributed by atoms with Crippen LogP contribution < -0.4 is 4.74 Å². The Morgan fingerprint density at radius 2 is 1.76 bits per heavy atom. The van der Waals surface area contributed by atoms with Gasteiger partial charge in [0, 0.05) is 6.07 Å². The van der Waals surface area contributed by atoms with Crippen molar-refractivity contribution < 1.29 is 18.7 Å². The minimum absolute atomic E-state index is 0.0750. The number of rotatable bonds is 3. The third-order valence-corrected chi connectivity index (χ3v) is 2.41. The van der Waals surface area contributed by atoms with Gasteiger partial charge in [0.1, 0.15) is 16.9 Å². The van der Waals surface area contributed by atoms with Gasteiger partial charge in [0.25, 0.3) is 0 Å². The summed E-state index contributed by atoms with van der Waals surface area (Å²) in [5.74, 6) is -1.06. The van der Waals surface area contributed by atoms with E-state index in [0.717, 1.165) is 0 Å². The molecular weight excluding hydrogens is 273 g/mol. The van der Waals surface area contributed by atoms with E-state index >= 15 is 0 Å². The largest absolute Gasteiger partial charge is 0.456 e. The van der Waals surface area contributed by atoms with Gasteiger partial charge < -0.3 is 9.47 Å². The predicted molar refractivity (Wildman–Crippen MR) is 75.9 cm³/mol. The highest BCUT2D eigenvalue weighted by atomic mass is 19.1. The zero-order chi connectivity index (χ0) is 15.5. The van der Waals surface area contributed by atoms with Crippen LogP contribution >= 0.6 is 0 Å². The number of esters is 1. The molecule has 1 heterocycles. The Hall–Kier alpha value is -2.43. The number of hydrogen-bond acceptors (Lipinski definition) is 4. The number of carbonyl (C=O) groups is 1. The van der Waals surface area contributed by atoms with Gasteiger partial charge in [-0.15, -0.1) is 0 Å². The van der Waals surface area contributed by atoms with Crippen LogP contribution in [0.15, 0.2) is 42.5 Å². The van der Waals surface area contributed by atoms with Crippen LogP contribution in [0.5, 0.6) is 11.6 Å². The summed E-state index contributed by atoms with van der Waals surface area (Å²) in [6.07, 6.45) is 0. The molecule has 0 aliphatic heterocycles. The summed E-state index contributed by atoms with van der Waals surface area (Å²) in [5.41, 5.74) is -0.909. The van der Waals surface area contributed by atoms with Crippen LogP contribution in [-0.4, -0.2) is 16.6 Å². The lowest BCUT2D eigenvalue weighted by Crippen LogP contribution is -2.24. The van der Waals surface area contributed by atoms with Gasteiger partial charge >= 0.3 is 5.97 Å². The number of aromatic nitrogens is 1.